The maximum atomic E-state index is 11.7. The van der Waals surface area contributed by atoms with Gasteiger partial charge in [-0.3, -0.25) is 0 Å². The number of carbonyl (C=O) groups excluding carboxylic acids is 4. The Morgan fingerprint density at radius 1 is 0.815 bits per heavy atom. The first-order valence-electron chi connectivity index (χ1n) is 7.27. The second-order valence-corrected chi connectivity index (χ2v) is 5.44. The molecule has 2 aliphatic rings. The van der Waals surface area contributed by atoms with E-state index in [1.54, 1.807) is 0 Å². The molecule has 2 aromatic rings. The first-order valence-corrected chi connectivity index (χ1v) is 7.27. The summed E-state index contributed by atoms with van der Waals surface area (Å²) in [6.07, 6.45) is 0. The van der Waals surface area contributed by atoms with Crippen molar-refractivity contribution in [2.24, 2.45) is 0 Å². The zero-order chi connectivity index (χ0) is 19.3. The molecule has 0 saturated heterocycles. The van der Waals surface area contributed by atoms with Gasteiger partial charge in [0.15, 0.2) is 0 Å². The quantitative estimate of drug-likeness (QED) is 0.454. The molecule has 0 aromatic heterocycles. The number of nitriles is 1. The minimum absolute atomic E-state index is 0.0676. The number of benzene rings is 2. The van der Waals surface area contributed by atoms with Crippen LogP contribution in [0.15, 0.2) is 24.3 Å². The van der Waals surface area contributed by atoms with Gasteiger partial charge in [-0.25, -0.2) is 24.0 Å². The third-order valence-electron chi connectivity index (χ3n) is 3.93. The summed E-state index contributed by atoms with van der Waals surface area (Å²) in [4.78, 5) is 49.8. The van der Waals surface area contributed by atoms with Gasteiger partial charge in [0.1, 0.15) is 17.6 Å². The van der Waals surface area contributed by atoms with Crippen LogP contribution in [0.25, 0.3) is 4.85 Å². The molecule has 0 N–H and O–H groups in total. The van der Waals surface area contributed by atoms with Crippen molar-refractivity contribution in [3.63, 3.8) is 0 Å². The van der Waals surface area contributed by atoms with Crippen LogP contribution in [0.1, 0.15) is 47.0 Å². The first kappa shape index (κ1) is 16.0. The van der Waals surface area contributed by atoms with Crippen molar-refractivity contribution < 1.29 is 33.4 Å². The minimum Gasteiger partial charge on any atom is -0.467 e. The fourth-order valence-corrected chi connectivity index (χ4v) is 2.67. The van der Waals surface area contributed by atoms with Crippen molar-refractivity contribution in [3.05, 3.63) is 63.5 Å². The third kappa shape index (κ3) is 2.31. The summed E-state index contributed by atoms with van der Waals surface area (Å²) >= 11 is 0. The lowest BCUT2D eigenvalue weighted by molar-refractivity contribution is 0.0425. The Labute approximate surface area is 150 Å². The SMILES string of the molecule is [C-]#[N+]c1cc2c(cc1Oc1cc3c(cc1C#N)C(=O)OC3=O)C(=O)OC2=O. The molecule has 27 heavy (non-hydrogen) atoms. The van der Waals surface area contributed by atoms with Gasteiger partial charge in [-0.2, -0.15) is 5.26 Å². The van der Waals surface area contributed by atoms with E-state index in [1.807, 2.05) is 6.07 Å². The number of hydrogen-bond donors (Lipinski definition) is 0. The lowest BCUT2D eigenvalue weighted by Gasteiger charge is -2.10. The normalized spacial score (nSPS) is 14.0. The van der Waals surface area contributed by atoms with Crippen LogP contribution in [-0.4, -0.2) is 23.9 Å². The number of esters is 4. The van der Waals surface area contributed by atoms with E-state index in [0.717, 1.165) is 24.3 Å². The van der Waals surface area contributed by atoms with Gasteiger partial charge in [0.05, 0.1) is 34.4 Å². The number of ether oxygens (including phenoxy) is 3. The summed E-state index contributed by atoms with van der Waals surface area (Å²) in [5, 5.41) is 9.29. The molecule has 0 bridgehead atoms. The van der Waals surface area contributed by atoms with Crippen molar-refractivity contribution in [1.82, 2.24) is 0 Å². The van der Waals surface area contributed by atoms with Gasteiger partial charge in [-0.05, 0) is 24.3 Å². The highest BCUT2D eigenvalue weighted by Gasteiger charge is 2.33. The highest BCUT2D eigenvalue weighted by Crippen LogP contribution is 2.39. The number of fused-ring (bicyclic) bond motifs is 2. The fraction of sp³-hybridized carbons (Fsp3) is 0. The van der Waals surface area contributed by atoms with E-state index in [-0.39, 0.29) is 45.0 Å². The van der Waals surface area contributed by atoms with Crippen molar-refractivity contribution in [1.29, 1.82) is 5.26 Å². The second-order valence-electron chi connectivity index (χ2n) is 5.44. The van der Waals surface area contributed by atoms with E-state index in [1.165, 1.54) is 0 Å². The Kier molecular flexibility index (Phi) is 3.26. The molecule has 0 radical (unpaired) electrons. The zero-order valence-electron chi connectivity index (χ0n) is 13.1. The van der Waals surface area contributed by atoms with Crippen LogP contribution >= 0.6 is 0 Å². The summed E-state index contributed by atoms with van der Waals surface area (Å²) in [6, 6.07) is 6.39. The van der Waals surface area contributed by atoms with E-state index in [0.29, 0.717) is 0 Å². The van der Waals surface area contributed by atoms with Crippen LogP contribution in [0.2, 0.25) is 0 Å². The van der Waals surface area contributed by atoms with Gasteiger partial charge >= 0.3 is 23.9 Å². The van der Waals surface area contributed by atoms with Gasteiger partial charge in [0, 0.05) is 0 Å². The summed E-state index contributed by atoms with van der Waals surface area (Å²) in [6.45, 7) is 7.23. The lowest BCUT2D eigenvalue weighted by atomic mass is 10.0. The fourth-order valence-electron chi connectivity index (χ4n) is 2.67. The Hall–Kier alpha value is -4.50. The summed E-state index contributed by atoms with van der Waals surface area (Å²) in [5.74, 6) is -3.77. The van der Waals surface area contributed by atoms with Gasteiger partial charge in [-0.1, -0.05) is 0 Å². The third-order valence-corrected chi connectivity index (χ3v) is 3.93. The van der Waals surface area contributed by atoms with Crippen LogP contribution in [-0.2, 0) is 9.47 Å². The van der Waals surface area contributed by atoms with Crippen LogP contribution in [0.5, 0.6) is 11.5 Å². The summed E-state index contributed by atoms with van der Waals surface area (Å²) in [5.41, 5.74) is -0.510. The van der Waals surface area contributed by atoms with Crippen LogP contribution in [0.4, 0.5) is 5.69 Å². The highest BCUT2D eigenvalue weighted by molar-refractivity contribution is 6.16. The predicted octanol–water partition coefficient (Wildman–Crippen LogP) is 2.52. The lowest BCUT2D eigenvalue weighted by Crippen LogP contribution is -1.98. The van der Waals surface area contributed by atoms with E-state index >= 15 is 0 Å². The monoisotopic (exact) mass is 360 g/mol. The maximum absolute atomic E-state index is 11.7. The van der Waals surface area contributed by atoms with E-state index in [9.17, 15) is 24.4 Å². The van der Waals surface area contributed by atoms with E-state index in [4.69, 9.17) is 11.3 Å². The molecular formula is C18H4N2O7. The predicted molar refractivity (Wildman–Crippen MR) is 83.4 cm³/mol. The molecule has 2 heterocycles. The molecule has 0 fully saturated rings. The number of carbonyl (C=O) groups is 4. The largest absolute Gasteiger partial charge is 0.467 e. The molecule has 0 saturated carbocycles. The summed E-state index contributed by atoms with van der Waals surface area (Å²) < 4.78 is 14.5. The van der Waals surface area contributed by atoms with Crippen LogP contribution < -0.4 is 4.74 Å². The van der Waals surface area contributed by atoms with Crippen molar-refractivity contribution >= 4 is 29.6 Å². The number of hydrogen-bond acceptors (Lipinski definition) is 8. The summed E-state index contributed by atoms with van der Waals surface area (Å²) in [7, 11) is 0. The minimum atomic E-state index is -0.891. The average molecular weight is 360 g/mol. The zero-order valence-corrected chi connectivity index (χ0v) is 13.1. The van der Waals surface area contributed by atoms with Gasteiger partial charge < -0.3 is 14.2 Å². The second kappa shape index (κ2) is 5.51. The Bertz CT molecular complexity index is 1100. The Morgan fingerprint density at radius 2 is 1.30 bits per heavy atom. The van der Waals surface area contributed by atoms with Crippen LogP contribution in [0.3, 0.4) is 0 Å². The molecule has 0 unspecified atom stereocenters. The smallest absolute Gasteiger partial charge is 0.347 e. The molecule has 0 spiro atoms. The van der Waals surface area contributed by atoms with Gasteiger partial charge in [-0.15, -0.1) is 0 Å². The molecule has 9 heteroatoms. The van der Waals surface area contributed by atoms with Gasteiger partial charge in [0.2, 0.25) is 5.69 Å². The van der Waals surface area contributed by atoms with Crippen molar-refractivity contribution in [2.45, 2.75) is 0 Å². The highest BCUT2D eigenvalue weighted by atomic mass is 16.6. The molecule has 4 rings (SSSR count). The molecule has 0 atom stereocenters. The molecule has 0 aliphatic carbocycles. The average Bonchev–Trinajstić information content (AvgIpc) is 3.08. The topological polar surface area (TPSA) is 124 Å². The van der Waals surface area contributed by atoms with Crippen molar-refractivity contribution in [2.75, 3.05) is 0 Å². The van der Waals surface area contributed by atoms with E-state index < -0.39 is 23.9 Å². The number of nitrogens with zero attached hydrogens (tertiary/aromatic N) is 2. The molecule has 128 valence electrons. The van der Waals surface area contributed by atoms with E-state index in [2.05, 4.69) is 14.3 Å². The molecule has 2 aliphatic heterocycles. The molecule has 2 aromatic carbocycles. The number of cyclic esters (lactones) is 4. The first-order chi connectivity index (χ1) is 12.9. The molecule has 0 amide bonds. The van der Waals surface area contributed by atoms with Crippen molar-refractivity contribution in [3.8, 4) is 17.6 Å². The number of rotatable bonds is 2. The van der Waals surface area contributed by atoms with Gasteiger partial charge in [0.25, 0.3) is 0 Å². The Balaban J connectivity index is 1.85. The standard InChI is InChI=1S/C18H4N2O7/c1-20-12-3-9-11(18(24)27-16(9)22)5-14(12)25-13-4-10-8(2-7(13)6-19)15(21)26-17(10)23/h2-5H. The maximum Gasteiger partial charge on any atom is 0.347 e. The molecule has 9 nitrogen and oxygen atoms in total. The molecular weight excluding hydrogens is 356 g/mol. The van der Waals surface area contributed by atoms with Crippen LogP contribution in [0, 0.1) is 17.9 Å². The Morgan fingerprint density at radius 3 is 1.81 bits per heavy atom.